The highest BCUT2D eigenvalue weighted by molar-refractivity contribution is 5.56. The van der Waals surface area contributed by atoms with Crippen molar-refractivity contribution in [2.24, 2.45) is 4.99 Å². The van der Waals surface area contributed by atoms with Crippen LogP contribution in [0.3, 0.4) is 0 Å². The van der Waals surface area contributed by atoms with Crippen LogP contribution in [-0.4, -0.2) is 64.2 Å². The molecule has 3 N–H and O–H groups in total. The first-order valence-corrected chi connectivity index (χ1v) is 11.7. The normalized spacial score (nSPS) is 15.7. The molecule has 2 fully saturated rings. The molecule has 0 aromatic rings. The fourth-order valence-corrected chi connectivity index (χ4v) is 1.82. The van der Waals surface area contributed by atoms with Crippen molar-refractivity contribution in [2.75, 3.05) is 53.0 Å². The monoisotopic (exact) mass is 391 g/mol. The van der Waals surface area contributed by atoms with E-state index in [1.165, 1.54) is 32.4 Å². The molecular formula is C22H57N5. The quantitative estimate of drug-likeness (QED) is 0.544. The summed E-state index contributed by atoms with van der Waals surface area (Å²) in [4.78, 5) is 6.24. The first-order chi connectivity index (χ1) is 13.4. The van der Waals surface area contributed by atoms with Crippen molar-refractivity contribution in [3.05, 3.63) is 0 Å². The Kier molecular flexibility index (Phi) is 68.7. The van der Waals surface area contributed by atoms with Crippen molar-refractivity contribution >= 4 is 6.34 Å². The Morgan fingerprint density at radius 2 is 1.11 bits per heavy atom. The van der Waals surface area contributed by atoms with Gasteiger partial charge in [-0.15, -0.1) is 0 Å². The SMILES string of the molecule is C1=NCCN1.C1CNCN1.CC.CC.CC.CC.CC.CN1CCCCC1. The fraction of sp³-hybridized carbons (Fsp3) is 0.955. The molecule has 3 aliphatic heterocycles. The molecule has 0 amide bonds. The number of piperidine rings is 1. The van der Waals surface area contributed by atoms with Gasteiger partial charge in [0.15, 0.2) is 0 Å². The standard InChI is InChI=1S/C6H13N.C3H8N2.C3H6N2.5C2H6/c1-7-5-3-2-4-6-7;2*1-2-5-3-4-1;5*1-2/h2-6H2,1H3;4-5H,1-3H2;3H,1-2H2,(H,4,5);5*1-2H3. The highest BCUT2D eigenvalue weighted by atomic mass is 15.1. The van der Waals surface area contributed by atoms with Crippen molar-refractivity contribution in [1.29, 1.82) is 0 Å². The van der Waals surface area contributed by atoms with Gasteiger partial charge in [0.2, 0.25) is 0 Å². The Morgan fingerprint density at radius 3 is 1.26 bits per heavy atom. The van der Waals surface area contributed by atoms with Crippen LogP contribution in [0.1, 0.15) is 88.5 Å². The Balaban J connectivity index is -0.0000000737. The number of hydrogen-bond acceptors (Lipinski definition) is 5. The van der Waals surface area contributed by atoms with Crippen molar-refractivity contribution in [2.45, 2.75) is 88.5 Å². The zero-order valence-corrected chi connectivity index (χ0v) is 21.0. The molecule has 0 radical (unpaired) electrons. The van der Waals surface area contributed by atoms with Gasteiger partial charge in [-0.2, -0.15) is 0 Å². The third kappa shape index (κ3) is 45.9. The Labute approximate surface area is 174 Å². The lowest BCUT2D eigenvalue weighted by Gasteiger charge is -2.20. The second-order valence-corrected chi connectivity index (χ2v) is 4.53. The first-order valence-electron chi connectivity index (χ1n) is 11.7. The molecule has 3 rings (SSSR count). The lowest BCUT2D eigenvalue weighted by molar-refractivity contribution is 0.277. The number of aliphatic imine (C=N–C) groups is 1. The van der Waals surface area contributed by atoms with Crippen molar-refractivity contribution in [3.8, 4) is 0 Å². The van der Waals surface area contributed by atoms with E-state index in [1.807, 2.05) is 69.2 Å². The minimum absolute atomic E-state index is 0.958. The second-order valence-electron chi connectivity index (χ2n) is 4.53. The van der Waals surface area contributed by atoms with E-state index in [4.69, 9.17) is 0 Å². The third-order valence-corrected chi connectivity index (χ3v) is 2.88. The Bertz CT molecular complexity index is 176. The molecule has 0 aromatic heterocycles. The van der Waals surface area contributed by atoms with E-state index < -0.39 is 0 Å². The van der Waals surface area contributed by atoms with Crippen LogP contribution in [0.4, 0.5) is 0 Å². The van der Waals surface area contributed by atoms with E-state index in [1.54, 1.807) is 6.34 Å². The molecular weight excluding hydrogens is 334 g/mol. The maximum atomic E-state index is 3.85. The van der Waals surface area contributed by atoms with E-state index in [2.05, 4.69) is 32.9 Å². The lowest BCUT2D eigenvalue weighted by Crippen LogP contribution is -2.24. The van der Waals surface area contributed by atoms with Gasteiger partial charge in [0.05, 0.1) is 12.9 Å². The highest BCUT2D eigenvalue weighted by Crippen LogP contribution is 2.04. The minimum atomic E-state index is 0.958. The number of hydrogen-bond donors (Lipinski definition) is 3. The van der Waals surface area contributed by atoms with Crippen LogP contribution in [0.25, 0.3) is 0 Å². The largest absolute Gasteiger partial charge is 0.375 e. The molecule has 0 bridgehead atoms. The molecule has 0 aliphatic carbocycles. The highest BCUT2D eigenvalue weighted by Gasteiger charge is 2.02. The van der Waals surface area contributed by atoms with Crippen LogP contribution in [0.15, 0.2) is 4.99 Å². The topological polar surface area (TPSA) is 51.7 Å². The van der Waals surface area contributed by atoms with Crippen LogP contribution >= 0.6 is 0 Å². The Hall–Kier alpha value is -0.650. The molecule has 3 aliphatic rings. The van der Waals surface area contributed by atoms with Crippen LogP contribution in [0.2, 0.25) is 0 Å². The molecule has 0 saturated carbocycles. The number of likely N-dealkylation sites (tertiary alicyclic amines) is 1. The van der Waals surface area contributed by atoms with Crippen molar-refractivity contribution < 1.29 is 0 Å². The van der Waals surface area contributed by atoms with Gasteiger partial charge in [0.1, 0.15) is 0 Å². The van der Waals surface area contributed by atoms with Gasteiger partial charge in [-0.05, 0) is 33.0 Å². The summed E-state index contributed by atoms with van der Waals surface area (Å²) in [7, 11) is 2.19. The van der Waals surface area contributed by atoms with Gasteiger partial charge >= 0.3 is 0 Å². The van der Waals surface area contributed by atoms with Gasteiger partial charge in [-0.1, -0.05) is 75.7 Å². The smallest absolute Gasteiger partial charge is 0.0825 e. The van der Waals surface area contributed by atoms with Crippen LogP contribution in [0.5, 0.6) is 0 Å². The maximum Gasteiger partial charge on any atom is 0.0825 e. The van der Waals surface area contributed by atoms with Gasteiger partial charge in [0, 0.05) is 26.3 Å². The van der Waals surface area contributed by atoms with Gasteiger partial charge in [-0.3, -0.25) is 4.99 Å². The van der Waals surface area contributed by atoms with Gasteiger partial charge in [0.25, 0.3) is 0 Å². The molecule has 2 saturated heterocycles. The third-order valence-electron chi connectivity index (χ3n) is 2.88. The number of nitrogens with one attached hydrogen (secondary N) is 3. The molecule has 170 valence electrons. The summed E-state index contributed by atoms with van der Waals surface area (Å²) in [5, 5.41) is 9.15. The summed E-state index contributed by atoms with van der Waals surface area (Å²) in [6.07, 6.45) is 6.01. The van der Waals surface area contributed by atoms with E-state index in [0.717, 1.165) is 32.8 Å². The molecule has 5 heteroatoms. The average Bonchev–Trinajstić information content (AvgIpc) is 3.55. The van der Waals surface area contributed by atoms with Crippen molar-refractivity contribution in [1.82, 2.24) is 20.9 Å². The van der Waals surface area contributed by atoms with Crippen LogP contribution < -0.4 is 16.0 Å². The first kappa shape index (κ1) is 37.1. The Morgan fingerprint density at radius 1 is 0.667 bits per heavy atom. The number of nitrogens with zero attached hydrogens (tertiary/aromatic N) is 2. The van der Waals surface area contributed by atoms with E-state index >= 15 is 0 Å². The van der Waals surface area contributed by atoms with E-state index in [-0.39, 0.29) is 0 Å². The van der Waals surface area contributed by atoms with E-state index in [0.29, 0.717) is 0 Å². The summed E-state index contributed by atoms with van der Waals surface area (Å²) in [6.45, 7) is 27.9. The lowest BCUT2D eigenvalue weighted by atomic mass is 10.1. The predicted molar refractivity (Wildman–Crippen MR) is 130 cm³/mol. The summed E-state index contributed by atoms with van der Waals surface area (Å²) in [6, 6.07) is 0. The molecule has 27 heavy (non-hydrogen) atoms. The zero-order chi connectivity index (χ0) is 22.2. The van der Waals surface area contributed by atoms with Crippen LogP contribution in [-0.2, 0) is 0 Å². The molecule has 0 spiro atoms. The number of rotatable bonds is 0. The van der Waals surface area contributed by atoms with Crippen LogP contribution in [0, 0.1) is 0 Å². The summed E-state index contributed by atoms with van der Waals surface area (Å²) in [5.74, 6) is 0. The minimum Gasteiger partial charge on any atom is -0.375 e. The molecule has 0 unspecified atom stereocenters. The summed E-state index contributed by atoms with van der Waals surface area (Å²) in [5.41, 5.74) is 0. The summed E-state index contributed by atoms with van der Waals surface area (Å²) >= 11 is 0. The van der Waals surface area contributed by atoms with E-state index in [9.17, 15) is 0 Å². The van der Waals surface area contributed by atoms with Gasteiger partial charge in [-0.25, -0.2) is 0 Å². The van der Waals surface area contributed by atoms with Gasteiger partial charge < -0.3 is 20.9 Å². The predicted octanol–water partition coefficient (Wildman–Crippen LogP) is 4.99. The molecule has 3 heterocycles. The maximum absolute atomic E-state index is 3.85. The zero-order valence-electron chi connectivity index (χ0n) is 21.0. The molecule has 0 aromatic carbocycles. The van der Waals surface area contributed by atoms with Crippen molar-refractivity contribution in [3.63, 3.8) is 0 Å². The fourth-order valence-electron chi connectivity index (χ4n) is 1.82. The molecule has 5 nitrogen and oxygen atoms in total. The summed E-state index contributed by atoms with van der Waals surface area (Å²) < 4.78 is 0. The second kappa shape index (κ2) is 49.9. The molecule has 0 atom stereocenters. The average molecular weight is 392 g/mol.